The highest BCUT2D eigenvalue weighted by molar-refractivity contribution is 7.92. The summed E-state index contributed by atoms with van der Waals surface area (Å²) in [5, 5.41) is 0. The highest BCUT2D eigenvalue weighted by atomic mass is 32.2. The molecule has 1 aromatic heterocycles. The van der Waals surface area contributed by atoms with Crippen molar-refractivity contribution in [1.29, 1.82) is 0 Å². The number of anilines is 1. The number of imidazole rings is 1. The summed E-state index contributed by atoms with van der Waals surface area (Å²) in [6.07, 6.45) is 2.11. The summed E-state index contributed by atoms with van der Waals surface area (Å²) in [4.78, 5) is 5.23. The molecule has 0 N–H and O–H groups in total. The van der Waals surface area contributed by atoms with E-state index in [1.165, 1.54) is 4.31 Å². The van der Waals surface area contributed by atoms with Crippen molar-refractivity contribution in [1.82, 2.24) is 9.55 Å². The third-order valence-corrected chi connectivity index (χ3v) is 7.75. The average molecular weight is 442 g/mol. The molecule has 0 aliphatic carbocycles. The van der Waals surface area contributed by atoms with Gasteiger partial charge < -0.3 is 9.30 Å². The van der Waals surface area contributed by atoms with Crippen molar-refractivity contribution in [3.63, 3.8) is 0 Å². The second-order valence-corrected chi connectivity index (χ2v) is 11.3. The maximum absolute atomic E-state index is 13.1. The largest absolute Gasteiger partial charge is 0.381 e. The molecule has 0 saturated carbocycles. The fourth-order valence-electron chi connectivity index (χ4n) is 4.15. The zero-order valence-electron chi connectivity index (χ0n) is 18.7. The van der Waals surface area contributed by atoms with E-state index in [2.05, 4.69) is 25.3 Å². The Labute approximate surface area is 184 Å². The summed E-state index contributed by atoms with van der Waals surface area (Å²) in [6.45, 7) is 9.04. The summed E-state index contributed by atoms with van der Waals surface area (Å²) in [6, 6.07) is 14.3. The zero-order valence-corrected chi connectivity index (χ0v) is 19.5. The van der Waals surface area contributed by atoms with Crippen LogP contribution in [0.5, 0.6) is 0 Å². The van der Waals surface area contributed by atoms with Crippen molar-refractivity contribution in [3.8, 4) is 0 Å². The minimum atomic E-state index is -3.63. The predicted octanol–water partition coefficient (Wildman–Crippen LogP) is 4.59. The Morgan fingerprint density at radius 2 is 1.77 bits per heavy atom. The summed E-state index contributed by atoms with van der Waals surface area (Å²) in [5.74, 6) is 1.59. The Kier molecular flexibility index (Phi) is 5.83. The SMILES string of the molecule is CN(c1ccc2c(c1)nc(C(C)(C)C)n2CC1CCOCC1)S(=O)(=O)c1ccccc1. The lowest BCUT2D eigenvalue weighted by Crippen LogP contribution is -2.26. The fraction of sp³-hybridized carbons (Fsp3) is 0.458. The van der Waals surface area contributed by atoms with Gasteiger partial charge in [-0.3, -0.25) is 4.31 Å². The van der Waals surface area contributed by atoms with E-state index in [1.54, 1.807) is 31.3 Å². The molecule has 166 valence electrons. The van der Waals surface area contributed by atoms with Crippen LogP contribution in [0, 0.1) is 5.92 Å². The van der Waals surface area contributed by atoms with Crippen LogP contribution in [0.25, 0.3) is 11.0 Å². The van der Waals surface area contributed by atoms with Crippen LogP contribution in [-0.2, 0) is 26.7 Å². The van der Waals surface area contributed by atoms with Gasteiger partial charge in [-0.1, -0.05) is 39.0 Å². The van der Waals surface area contributed by atoms with Crippen molar-refractivity contribution in [3.05, 3.63) is 54.4 Å². The molecule has 3 aromatic rings. The van der Waals surface area contributed by atoms with Crippen molar-refractivity contribution in [2.24, 2.45) is 5.92 Å². The van der Waals surface area contributed by atoms with Crippen molar-refractivity contribution in [2.45, 2.75) is 50.5 Å². The first-order chi connectivity index (χ1) is 14.7. The van der Waals surface area contributed by atoms with E-state index in [4.69, 9.17) is 9.72 Å². The first kappa shape index (κ1) is 21.8. The third-order valence-electron chi connectivity index (χ3n) is 5.95. The van der Waals surface area contributed by atoms with Gasteiger partial charge >= 0.3 is 0 Å². The van der Waals surface area contributed by atoms with Gasteiger partial charge in [0.25, 0.3) is 10.0 Å². The molecule has 0 spiro atoms. The second-order valence-electron chi connectivity index (χ2n) is 9.31. The first-order valence-corrected chi connectivity index (χ1v) is 12.2. The van der Waals surface area contributed by atoms with Crippen LogP contribution in [0.2, 0.25) is 0 Å². The van der Waals surface area contributed by atoms with Gasteiger partial charge in [0, 0.05) is 32.2 Å². The van der Waals surface area contributed by atoms with Gasteiger partial charge in [-0.2, -0.15) is 0 Å². The van der Waals surface area contributed by atoms with E-state index in [0.29, 0.717) is 11.6 Å². The molecule has 2 aromatic carbocycles. The second kappa shape index (κ2) is 8.28. The Hall–Kier alpha value is -2.38. The number of rotatable bonds is 5. The number of hydrogen-bond donors (Lipinski definition) is 0. The number of sulfonamides is 1. The maximum atomic E-state index is 13.1. The maximum Gasteiger partial charge on any atom is 0.264 e. The molecular weight excluding hydrogens is 410 g/mol. The van der Waals surface area contributed by atoms with Crippen molar-refractivity contribution < 1.29 is 13.2 Å². The fourth-order valence-corrected chi connectivity index (χ4v) is 5.36. The summed E-state index contributed by atoms with van der Waals surface area (Å²) in [7, 11) is -2.04. The topological polar surface area (TPSA) is 64.4 Å². The normalized spacial score (nSPS) is 16.0. The first-order valence-electron chi connectivity index (χ1n) is 10.8. The van der Waals surface area contributed by atoms with Gasteiger partial charge in [-0.05, 0) is 49.1 Å². The molecule has 0 radical (unpaired) electrons. The molecular formula is C24H31N3O3S. The molecule has 1 fully saturated rings. The molecule has 6 nitrogen and oxygen atoms in total. The Morgan fingerprint density at radius 1 is 1.10 bits per heavy atom. The lowest BCUT2D eigenvalue weighted by Gasteiger charge is -2.26. The summed E-state index contributed by atoms with van der Waals surface area (Å²) >= 11 is 0. The molecule has 0 atom stereocenters. The Balaban J connectivity index is 1.74. The monoisotopic (exact) mass is 441 g/mol. The number of ether oxygens (including phenoxy) is 1. The third kappa shape index (κ3) is 4.34. The quantitative estimate of drug-likeness (QED) is 0.581. The van der Waals surface area contributed by atoms with E-state index < -0.39 is 10.0 Å². The predicted molar refractivity (Wildman–Crippen MR) is 124 cm³/mol. The number of hydrogen-bond acceptors (Lipinski definition) is 4. The molecule has 0 bridgehead atoms. The van der Waals surface area contributed by atoms with Crippen LogP contribution >= 0.6 is 0 Å². The number of aromatic nitrogens is 2. The molecule has 7 heteroatoms. The van der Waals surface area contributed by atoms with Crippen molar-refractivity contribution in [2.75, 3.05) is 24.6 Å². The summed E-state index contributed by atoms with van der Waals surface area (Å²) in [5.41, 5.74) is 2.36. The molecule has 1 saturated heterocycles. The van der Waals surface area contributed by atoms with Gasteiger partial charge in [-0.25, -0.2) is 13.4 Å². The van der Waals surface area contributed by atoms with Gasteiger partial charge in [0.05, 0.1) is 21.6 Å². The van der Waals surface area contributed by atoms with E-state index in [9.17, 15) is 8.42 Å². The lowest BCUT2D eigenvalue weighted by molar-refractivity contribution is 0.0611. The molecule has 31 heavy (non-hydrogen) atoms. The lowest BCUT2D eigenvalue weighted by atomic mass is 9.94. The molecule has 4 rings (SSSR count). The van der Waals surface area contributed by atoms with Crippen LogP contribution in [0.3, 0.4) is 0 Å². The number of benzene rings is 2. The standard InChI is InChI=1S/C24H31N3O3S/c1-24(2,3)23-25-21-16-19(26(4)31(28,29)20-8-6-5-7-9-20)10-11-22(21)27(23)17-18-12-14-30-15-13-18/h5-11,16,18H,12-15,17H2,1-4H3. The Morgan fingerprint density at radius 3 is 2.42 bits per heavy atom. The molecule has 0 amide bonds. The average Bonchev–Trinajstić information content (AvgIpc) is 3.12. The van der Waals surface area contributed by atoms with Gasteiger partial charge in [0.1, 0.15) is 5.82 Å². The van der Waals surface area contributed by atoms with Gasteiger partial charge in [0.15, 0.2) is 0 Å². The minimum Gasteiger partial charge on any atom is -0.381 e. The Bertz CT molecular complexity index is 1160. The molecule has 1 aliphatic rings. The van der Waals surface area contributed by atoms with Crippen LogP contribution in [0.15, 0.2) is 53.4 Å². The van der Waals surface area contributed by atoms with Gasteiger partial charge in [0.2, 0.25) is 0 Å². The van der Waals surface area contributed by atoms with Crippen LogP contribution in [0.4, 0.5) is 5.69 Å². The summed E-state index contributed by atoms with van der Waals surface area (Å²) < 4.78 is 35.3. The molecule has 2 heterocycles. The van der Waals surface area contributed by atoms with Crippen LogP contribution < -0.4 is 4.31 Å². The minimum absolute atomic E-state index is 0.119. The molecule has 1 aliphatic heterocycles. The smallest absolute Gasteiger partial charge is 0.264 e. The van der Waals surface area contributed by atoms with E-state index in [0.717, 1.165) is 49.5 Å². The zero-order chi connectivity index (χ0) is 22.2. The van der Waals surface area contributed by atoms with E-state index in [1.807, 2.05) is 24.3 Å². The van der Waals surface area contributed by atoms with Gasteiger partial charge in [-0.15, -0.1) is 0 Å². The van der Waals surface area contributed by atoms with E-state index in [-0.39, 0.29) is 10.3 Å². The number of fused-ring (bicyclic) bond motifs is 1. The number of nitrogens with zero attached hydrogens (tertiary/aromatic N) is 3. The van der Waals surface area contributed by atoms with Crippen LogP contribution in [-0.4, -0.2) is 38.2 Å². The van der Waals surface area contributed by atoms with E-state index >= 15 is 0 Å². The highest BCUT2D eigenvalue weighted by Gasteiger charge is 2.27. The molecule has 0 unspecified atom stereocenters. The highest BCUT2D eigenvalue weighted by Crippen LogP contribution is 2.32. The van der Waals surface area contributed by atoms with Crippen LogP contribution in [0.1, 0.15) is 39.4 Å². The van der Waals surface area contributed by atoms with Crippen molar-refractivity contribution >= 4 is 26.7 Å².